The molecule has 0 bridgehead atoms. The molecule has 1 atom stereocenters. The Balaban J connectivity index is 2.18. The van der Waals surface area contributed by atoms with Crippen LogP contribution in [0.5, 0.6) is 0 Å². The molecule has 1 aromatic heterocycles. The van der Waals surface area contributed by atoms with E-state index in [-0.39, 0.29) is 12.1 Å². The van der Waals surface area contributed by atoms with E-state index < -0.39 is 17.6 Å². The summed E-state index contributed by atoms with van der Waals surface area (Å²) in [6.45, 7) is 5.37. The zero-order chi connectivity index (χ0) is 17.1. The molecule has 0 radical (unpaired) electrons. The third-order valence-corrected chi connectivity index (χ3v) is 3.96. The average Bonchev–Trinajstić information content (AvgIpc) is 2.51. The van der Waals surface area contributed by atoms with Gasteiger partial charge in [-0.1, -0.05) is 24.3 Å². The van der Waals surface area contributed by atoms with E-state index in [1.807, 2.05) is 31.2 Å². The number of benzene rings is 1. The van der Waals surface area contributed by atoms with Crippen LogP contribution in [-0.2, 0) is 7.05 Å². The van der Waals surface area contributed by atoms with Gasteiger partial charge in [0.2, 0.25) is 0 Å². The van der Waals surface area contributed by atoms with Crippen LogP contribution in [0.1, 0.15) is 38.8 Å². The van der Waals surface area contributed by atoms with Gasteiger partial charge in [0, 0.05) is 13.6 Å². The highest BCUT2D eigenvalue weighted by Gasteiger charge is 2.19. The molecule has 0 aliphatic heterocycles. The van der Waals surface area contributed by atoms with E-state index in [2.05, 4.69) is 10.4 Å². The second-order valence-corrected chi connectivity index (χ2v) is 5.60. The number of aliphatic hydroxyl groups is 1. The SMILES string of the molecule is Cc1ccccc1C(O)CNC(=O)c1c(C)c(C)nn(C)c1=O. The molecule has 2 aromatic rings. The van der Waals surface area contributed by atoms with Crippen LogP contribution in [0.25, 0.3) is 0 Å². The Labute approximate surface area is 134 Å². The molecule has 0 fully saturated rings. The second kappa shape index (κ2) is 6.75. The standard InChI is InChI=1S/C17H21N3O3/c1-10-7-5-6-8-13(10)14(21)9-18-16(22)15-11(2)12(3)19-20(4)17(15)23/h5-8,14,21H,9H2,1-4H3,(H,18,22). The number of carbonyl (C=O) groups is 1. The second-order valence-electron chi connectivity index (χ2n) is 5.60. The maximum Gasteiger partial charge on any atom is 0.279 e. The van der Waals surface area contributed by atoms with Gasteiger partial charge >= 0.3 is 0 Å². The summed E-state index contributed by atoms with van der Waals surface area (Å²) in [7, 11) is 1.51. The lowest BCUT2D eigenvalue weighted by atomic mass is 10.0. The van der Waals surface area contributed by atoms with Crippen molar-refractivity contribution < 1.29 is 9.90 Å². The Morgan fingerprint density at radius 2 is 1.96 bits per heavy atom. The Kier molecular flexibility index (Phi) is 4.95. The lowest BCUT2D eigenvalue weighted by Gasteiger charge is -2.15. The molecule has 2 rings (SSSR count). The molecule has 0 saturated carbocycles. The quantitative estimate of drug-likeness (QED) is 0.887. The van der Waals surface area contributed by atoms with Crippen molar-refractivity contribution in [1.29, 1.82) is 0 Å². The number of aliphatic hydroxyl groups excluding tert-OH is 1. The van der Waals surface area contributed by atoms with Crippen molar-refractivity contribution >= 4 is 5.91 Å². The summed E-state index contributed by atoms with van der Waals surface area (Å²) >= 11 is 0. The van der Waals surface area contributed by atoms with E-state index in [1.165, 1.54) is 7.05 Å². The fourth-order valence-corrected chi connectivity index (χ4v) is 2.46. The highest BCUT2D eigenvalue weighted by molar-refractivity contribution is 5.95. The van der Waals surface area contributed by atoms with Gasteiger partial charge in [0.15, 0.2) is 0 Å². The number of hydrogen-bond donors (Lipinski definition) is 2. The minimum Gasteiger partial charge on any atom is -0.387 e. The Hall–Kier alpha value is -2.47. The zero-order valence-electron chi connectivity index (χ0n) is 13.8. The normalized spacial score (nSPS) is 12.0. The maximum atomic E-state index is 12.3. The molecule has 122 valence electrons. The molecular formula is C17H21N3O3. The van der Waals surface area contributed by atoms with Gasteiger partial charge in [-0.2, -0.15) is 5.10 Å². The molecule has 1 heterocycles. The summed E-state index contributed by atoms with van der Waals surface area (Å²) in [5, 5.41) is 16.9. The number of nitrogens with one attached hydrogen (secondary N) is 1. The summed E-state index contributed by atoms with van der Waals surface area (Å²) in [4.78, 5) is 24.5. The van der Waals surface area contributed by atoms with E-state index in [9.17, 15) is 14.7 Å². The molecule has 23 heavy (non-hydrogen) atoms. The molecular weight excluding hydrogens is 294 g/mol. The fraction of sp³-hybridized carbons (Fsp3) is 0.353. The smallest absolute Gasteiger partial charge is 0.279 e. The molecule has 6 heteroatoms. The highest BCUT2D eigenvalue weighted by Crippen LogP contribution is 2.16. The fourth-order valence-electron chi connectivity index (χ4n) is 2.46. The minimum absolute atomic E-state index is 0.0354. The maximum absolute atomic E-state index is 12.3. The molecule has 0 spiro atoms. The summed E-state index contributed by atoms with van der Waals surface area (Å²) in [6, 6.07) is 7.43. The van der Waals surface area contributed by atoms with E-state index in [0.29, 0.717) is 11.3 Å². The van der Waals surface area contributed by atoms with Crippen molar-refractivity contribution in [1.82, 2.24) is 15.1 Å². The van der Waals surface area contributed by atoms with Gasteiger partial charge < -0.3 is 10.4 Å². The summed E-state index contributed by atoms with van der Waals surface area (Å²) < 4.78 is 1.15. The third-order valence-electron chi connectivity index (χ3n) is 3.96. The number of nitrogens with zero attached hydrogens (tertiary/aromatic N) is 2. The van der Waals surface area contributed by atoms with Gasteiger partial charge in [-0.15, -0.1) is 0 Å². The van der Waals surface area contributed by atoms with E-state index in [1.54, 1.807) is 13.8 Å². The van der Waals surface area contributed by atoms with Gasteiger partial charge in [-0.25, -0.2) is 4.68 Å². The van der Waals surface area contributed by atoms with Crippen molar-refractivity contribution in [3.8, 4) is 0 Å². The number of aryl methyl sites for hydroxylation is 3. The number of hydrogen-bond acceptors (Lipinski definition) is 4. The highest BCUT2D eigenvalue weighted by atomic mass is 16.3. The molecule has 1 aromatic carbocycles. The van der Waals surface area contributed by atoms with Crippen LogP contribution >= 0.6 is 0 Å². The van der Waals surface area contributed by atoms with Gasteiger partial charge in [0.25, 0.3) is 11.5 Å². The first-order valence-corrected chi connectivity index (χ1v) is 7.39. The van der Waals surface area contributed by atoms with Crippen LogP contribution in [0.15, 0.2) is 29.1 Å². The summed E-state index contributed by atoms with van der Waals surface area (Å²) in [5.41, 5.74) is 2.49. The van der Waals surface area contributed by atoms with Gasteiger partial charge in [-0.05, 0) is 37.5 Å². The summed E-state index contributed by atoms with van der Waals surface area (Å²) in [6.07, 6.45) is -0.827. The van der Waals surface area contributed by atoms with Gasteiger partial charge in [-0.3, -0.25) is 9.59 Å². The Bertz CT molecular complexity index is 796. The number of carbonyl (C=O) groups excluding carboxylic acids is 1. The topological polar surface area (TPSA) is 84.2 Å². The summed E-state index contributed by atoms with van der Waals surface area (Å²) in [5.74, 6) is -0.499. The third kappa shape index (κ3) is 3.48. The van der Waals surface area contributed by atoms with Crippen LogP contribution < -0.4 is 10.9 Å². The van der Waals surface area contributed by atoms with Gasteiger partial charge in [0.05, 0.1) is 11.8 Å². The van der Waals surface area contributed by atoms with Crippen molar-refractivity contribution in [3.63, 3.8) is 0 Å². The van der Waals surface area contributed by atoms with Crippen LogP contribution in [-0.4, -0.2) is 27.3 Å². The molecule has 1 amide bonds. The van der Waals surface area contributed by atoms with Crippen LogP contribution in [0.4, 0.5) is 0 Å². The number of aromatic nitrogens is 2. The monoisotopic (exact) mass is 315 g/mol. The van der Waals surface area contributed by atoms with Crippen molar-refractivity contribution in [2.45, 2.75) is 26.9 Å². The van der Waals surface area contributed by atoms with E-state index in [0.717, 1.165) is 15.8 Å². The molecule has 0 saturated heterocycles. The number of rotatable bonds is 4. The lowest BCUT2D eigenvalue weighted by molar-refractivity contribution is 0.0912. The first-order chi connectivity index (χ1) is 10.8. The van der Waals surface area contributed by atoms with Crippen molar-refractivity contribution in [2.75, 3.05) is 6.54 Å². The molecule has 6 nitrogen and oxygen atoms in total. The van der Waals surface area contributed by atoms with E-state index in [4.69, 9.17) is 0 Å². The largest absolute Gasteiger partial charge is 0.387 e. The predicted molar refractivity (Wildman–Crippen MR) is 87.4 cm³/mol. The molecule has 0 aliphatic rings. The lowest BCUT2D eigenvalue weighted by Crippen LogP contribution is -2.36. The van der Waals surface area contributed by atoms with Crippen LogP contribution in [0, 0.1) is 20.8 Å². The molecule has 2 N–H and O–H groups in total. The average molecular weight is 315 g/mol. The Morgan fingerprint density at radius 3 is 2.61 bits per heavy atom. The van der Waals surface area contributed by atoms with Crippen LogP contribution in [0.2, 0.25) is 0 Å². The molecule has 0 aliphatic carbocycles. The first kappa shape index (κ1) is 16.9. The zero-order valence-corrected chi connectivity index (χ0v) is 13.8. The predicted octanol–water partition coefficient (Wildman–Crippen LogP) is 1.17. The molecule has 1 unspecified atom stereocenters. The van der Waals surface area contributed by atoms with Crippen molar-refractivity contribution in [2.24, 2.45) is 7.05 Å². The first-order valence-electron chi connectivity index (χ1n) is 7.39. The van der Waals surface area contributed by atoms with Crippen LogP contribution in [0.3, 0.4) is 0 Å². The Morgan fingerprint density at radius 1 is 1.30 bits per heavy atom. The van der Waals surface area contributed by atoms with E-state index >= 15 is 0 Å². The number of amides is 1. The minimum atomic E-state index is -0.827. The van der Waals surface area contributed by atoms with Crippen molar-refractivity contribution in [3.05, 3.63) is 62.6 Å². The van der Waals surface area contributed by atoms with Gasteiger partial charge in [0.1, 0.15) is 5.56 Å².